The predicted molar refractivity (Wildman–Crippen MR) is 140 cm³/mol. The first-order valence-corrected chi connectivity index (χ1v) is 13.2. The summed E-state index contributed by atoms with van der Waals surface area (Å²) >= 11 is 0. The lowest BCUT2D eigenvalue weighted by molar-refractivity contribution is -0.117. The number of aryl methyl sites for hydroxylation is 1. The molecule has 1 heterocycles. The van der Waals surface area contributed by atoms with Crippen molar-refractivity contribution in [3.63, 3.8) is 0 Å². The van der Waals surface area contributed by atoms with E-state index < -0.39 is 0 Å². The molecular weight excluding hydrogens is 450 g/mol. The van der Waals surface area contributed by atoms with Crippen molar-refractivity contribution in [1.82, 2.24) is 4.90 Å². The van der Waals surface area contributed by atoms with Crippen LogP contribution in [0.2, 0.25) is 0 Å². The van der Waals surface area contributed by atoms with Crippen molar-refractivity contribution in [2.75, 3.05) is 13.7 Å². The molecule has 0 fully saturated rings. The summed E-state index contributed by atoms with van der Waals surface area (Å²) in [5, 5.41) is 0. The molecule has 0 N–H and O–H groups in total. The molecule has 2 aromatic carbocycles. The van der Waals surface area contributed by atoms with Crippen LogP contribution in [0.15, 0.2) is 65.0 Å². The fourth-order valence-electron chi connectivity index (χ4n) is 5.87. The molecule has 5 nitrogen and oxygen atoms in total. The molecule has 3 aliphatic rings. The standard InChI is InChI=1S/C31H35NO4/c1-4-17-32-23-7-5-9-25(33)30(23)29(31-24(32)8-6-10-26(31)34)22-15-16-27(28(18-22)35-3)36-19-21-13-11-20(2)12-14-21/h11-16,18,29H,4-10,17,19H2,1-3H3. The van der Waals surface area contributed by atoms with Crippen LogP contribution >= 0.6 is 0 Å². The van der Waals surface area contributed by atoms with E-state index in [9.17, 15) is 9.59 Å². The molecule has 0 aromatic heterocycles. The molecule has 0 saturated heterocycles. The molecule has 2 aliphatic carbocycles. The highest BCUT2D eigenvalue weighted by Crippen LogP contribution is 2.50. The summed E-state index contributed by atoms with van der Waals surface area (Å²) < 4.78 is 11.8. The number of ether oxygens (including phenoxy) is 2. The average molecular weight is 486 g/mol. The van der Waals surface area contributed by atoms with Gasteiger partial charge in [0.25, 0.3) is 0 Å². The predicted octanol–water partition coefficient (Wildman–Crippen LogP) is 6.41. The second-order valence-corrected chi connectivity index (χ2v) is 10.0. The van der Waals surface area contributed by atoms with Gasteiger partial charge in [-0.25, -0.2) is 0 Å². The van der Waals surface area contributed by atoms with Crippen molar-refractivity contribution >= 4 is 11.6 Å². The number of Topliss-reactive ketones (excluding diaryl/α,β-unsaturated/α-hetero) is 2. The smallest absolute Gasteiger partial charge is 0.161 e. The lowest BCUT2D eigenvalue weighted by atomic mass is 9.71. The van der Waals surface area contributed by atoms with Gasteiger partial charge in [-0.3, -0.25) is 9.59 Å². The molecule has 0 saturated carbocycles. The molecule has 0 bridgehead atoms. The van der Waals surface area contributed by atoms with Gasteiger partial charge in [0.15, 0.2) is 23.1 Å². The van der Waals surface area contributed by atoms with Crippen LogP contribution in [-0.4, -0.2) is 30.1 Å². The number of carbonyl (C=O) groups excluding carboxylic acids is 2. The minimum atomic E-state index is -0.330. The van der Waals surface area contributed by atoms with Crippen LogP contribution < -0.4 is 9.47 Å². The molecule has 0 spiro atoms. The number of rotatable bonds is 7. The maximum Gasteiger partial charge on any atom is 0.161 e. The second kappa shape index (κ2) is 10.3. The molecule has 0 amide bonds. The molecule has 0 radical (unpaired) electrons. The van der Waals surface area contributed by atoms with E-state index in [1.54, 1.807) is 7.11 Å². The fraction of sp³-hybridized carbons (Fsp3) is 0.419. The molecule has 5 heteroatoms. The van der Waals surface area contributed by atoms with Crippen LogP contribution in [0.25, 0.3) is 0 Å². The molecule has 0 unspecified atom stereocenters. The van der Waals surface area contributed by atoms with E-state index in [-0.39, 0.29) is 17.5 Å². The molecule has 0 atom stereocenters. The van der Waals surface area contributed by atoms with Gasteiger partial charge < -0.3 is 14.4 Å². The van der Waals surface area contributed by atoms with Crippen molar-refractivity contribution in [2.45, 2.75) is 71.3 Å². The number of allylic oxidation sites excluding steroid dienone is 4. The second-order valence-electron chi connectivity index (χ2n) is 10.0. The fourth-order valence-corrected chi connectivity index (χ4v) is 5.87. The summed E-state index contributed by atoms with van der Waals surface area (Å²) in [5.74, 6) is 1.28. The first-order chi connectivity index (χ1) is 17.5. The summed E-state index contributed by atoms with van der Waals surface area (Å²) in [6.07, 6.45) is 5.57. The van der Waals surface area contributed by atoms with Gasteiger partial charge in [-0.15, -0.1) is 0 Å². The van der Waals surface area contributed by atoms with Crippen LogP contribution in [0.4, 0.5) is 0 Å². The van der Waals surface area contributed by atoms with Gasteiger partial charge in [-0.1, -0.05) is 42.8 Å². The molecule has 36 heavy (non-hydrogen) atoms. The van der Waals surface area contributed by atoms with Gasteiger partial charge in [0, 0.05) is 47.8 Å². The van der Waals surface area contributed by atoms with Gasteiger partial charge in [0.1, 0.15) is 6.61 Å². The normalized spacial score (nSPS) is 18.4. The minimum Gasteiger partial charge on any atom is -0.493 e. The molecule has 2 aromatic rings. The van der Waals surface area contributed by atoms with Crippen LogP contribution in [-0.2, 0) is 16.2 Å². The molecule has 188 valence electrons. The first kappa shape index (κ1) is 24.4. The Morgan fingerprint density at radius 2 is 1.50 bits per heavy atom. The zero-order valence-corrected chi connectivity index (χ0v) is 21.6. The molecule has 5 rings (SSSR count). The Morgan fingerprint density at radius 1 is 0.861 bits per heavy atom. The highest BCUT2D eigenvalue weighted by Gasteiger charge is 2.43. The van der Waals surface area contributed by atoms with Crippen molar-refractivity contribution in [2.24, 2.45) is 0 Å². The molecular formula is C31H35NO4. The summed E-state index contributed by atoms with van der Waals surface area (Å²) in [4.78, 5) is 29.1. The number of hydrogen-bond donors (Lipinski definition) is 0. The van der Waals surface area contributed by atoms with E-state index in [1.807, 2.05) is 18.2 Å². The SMILES string of the molecule is CCCN1C2=C(C(=O)CCC2)C(c2ccc(OCc3ccc(C)cc3)c(OC)c2)C2=C1CCCC2=O. The lowest BCUT2D eigenvalue weighted by Gasteiger charge is -2.44. The average Bonchev–Trinajstić information content (AvgIpc) is 2.89. The van der Waals surface area contributed by atoms with Gasteiger partial charge in [-0.2, -0.15) is 0 Å². The van der Waals surface area contributed by atoms with E-state index >= 15 is 0 Å². The quantitative estimate of drug-likeness (QED) is 0.454. The van der Waals surface area contributed by atoms with Crippen molar-refractivity contribution in [1.29, 1.82) is 0 Å². The zero-order chi connectivity index (χ0) is 25.2. The minimum absolute atomic E-state index is 0.172. The highest BCUT2D eigenvalue weighted by molar-refractivity contribution is 6.06. The van der Waals surface area contributed by atoms with Crippen LogP contribution in [0.1, 0.15) is 74.5 Å². The van der Waals surface area contributed by atoms with Crippen molar-refractivity contribution < 1.29 is 19.1 Å². The molecule has 1 aliphatic heterocycles. The Balaban J connectivity index is 1.55. The zero-order valence-electron chi connectivity index (χ0n) is 21.6. The van der Waals surface area contributed by atoms with Gasteiger partial charge in [-0.05, 0) is 62.3 Å². The number of benzene rings is 2. The monoisotopic (exact) mass is 485 g/mol. The van der Waals surface area contributed by atoms with E-state index in [0.29, 0.717) is 30.9 Å². The Labute approximate surface area is 213 Å². The summed E-state index contributed by atoms with van der Waals surface area (Å²) in [7, 11) is 1.63. The highest BCUT2D eigenvalue weighted by atomic mass is 16.5. The van der Waals surface area contributed by atoms with E-state index in [1.165, 1.54) is 5.56 Å². The summed E-state index contributed by atoms with van der Waals surface area (Å²) in [5.41, 5.74) is 7.12. The number of carbonyl (C=O) groups is 2. The maximum atomic E-state index is 13.4. The number of nitrogens with zero attached hydrogens (tertiary/aromatic N) is 1. The third-order valence-electron chi connectivity index (χ3n) is 7.57. The number of ketones is 2. The summed E-state index contributed by atoms with van der Waals surface area (Å²) in [6, 6.07) is 14.2. The lowest BCUT2D eigenvalue weighted by Crippen LogP contribution is -2.39. The van der Waals surface area contributed by atoms with Crippen molar-refractivity contribution in [3.05, 3.63) is 81.7 Å². The number of hydrogen-bond acceptors (Lipinski definition) is 5. The Kier molecular flexibility index (Phi) is 6.99. The first-order valence-electron chi connectivity index (χ1n) is 13.2. The maximum absolute atomic E-state index is 13.4. The third-order valence-corrected chi connectivity index (χ3v) is 7.57. The van der Waals surface area contributed by atoms with Crippen molar-refractivity contribution in [3.8, 4) is 11.5 Å². The van der Waals surface area contributed by atoms with Crippen LogP contribution in [0.3, 0.4) is 0 Å². The van der Waals surface area contributed by atoms with Crippen LogP contribution in [0.5, 0.6) is 11.5 Å². The summed E-state index contributed by atoms with van der Waals surface area (Å²) in [6.45, 7) is 5.50. The van der Waals surface area contributed by atoms with E-state index in [0.717, 1.165) is 72.3 Å². The third kappa shape index (κ3) is 4.47. The van der Waals surface area contributed by atoms with Gasteiger partial charge >= 0.3 is 0 Å². The van der Waals surface area contributed by atoms with Gasteiger partial charge in [0.05, 0.1) is 7.11 Å². The van der Waals surface area contributed by atoms with E-state index in [2.05, 4.69) is 43.0 Å². The Hall–Kier alpha value is -3.34. The largest absolute Gasteiger partial charge is 0.493 e. The van der Waals surface area contributed by atoms with Gasteiger partial charge in [0.2, 0.25) is 0 Å². The Morgan fingerprint density at radius 3 is 2.08 bits per heavy atom. The topological polar surface area (TPSA) is 55.8 Å². The number of methoxy groups -OCH3 is 1. The van der Waals surface area contributed by atoms with Crippen LogP contribution in [0, 0.1) is 6.92 Å². The van der Waals surface area contributed by atoms with E-state index in [4.69, 9.17) is 9.47 Å². The Bertz CT molecular complexity index is 1190.